The van der Waals surface area contributed by atoms with Gasteiger partial charge in [-0.1, -0.05) is 42.5 Å². The largest absolute Gasteiger partial charge is 0.284 e. The van der Waals surface area contributed by atoms with E-state index in [0.29, 0.717) is 0 Å². The lowest BCUT2D eigenvalue weighted by Gasteiger charge is -2.14. The highest BCUT2D eigenvalue weighted by Crippen LogP contribution is 2.20. The second-order valence-electron chi connectivity index (χ2n) is 2.84. The summed E-state index contributed by atoms with van der Waals surface area (Å²) < 4.78 is 0. The van der Waals surface area contributed by atoms with E-state index in [0.717, 1.165) is 11.2 Å². The maximum atomic E-state index is 6.29. The molecule has 0 saturated carbocycles. The Labute approximate surface area is 89.6 Å². The molecule has 70 valence electrons. The molecule has 0 saturated heterocycles. The third-order valence-corrected chi connectivity index (χ3v) is 5.97. The number of benzene rings is 1. The van der Waals surface area contributed by atoms with Gasteiger partial charge < -0.3 is 0 Å². The maximum absolute atomic E-state index is 6.29. The molecule has 3 heteroatoms. The van der Waals surface area contributed by atoms with Crippen LogP contribution >= 0.6 is 22.2 Å². The third kappa shape index (κ3) is 3.18. The number of rotatable bonds is 3. The van der Waals surface area contributed by atoms with Crippen molar-refractivity contribution in [2.24, 2.45) is 0 Å². The molecule has 0 atom stereocenters. The summed E-state index contributed by atoms with van der Waals surface area (Å²) in [6.45, 7) is -0.267. The summed E-state index contributed by atoms with van der Waals surface area (Å²) in [5.74, 6) is 0. The molecule has 1 aromatic carbocycles. The smallest absolute Gasteiger partial charge is 0.139 e. The van der Waals surface area contributed by atoms with Crippen LogP contribution in [0.5, 0.6) is 0 Å². The van der Waals surface area contributed by atoms with E-state index >= 15 is 0 Å². The summed E-state index contributed by atoms with van der Waals surface area (Å²) in [6.07, 6.45) is 4.01. The average Bonchev–Trinajstić information content (AvgIpc) is 2.16. The molecule has 0 aliphatic rings. The Kier molecular flexibility index (Phi) is 4.04. The van der Waals surface area contributed by atoms with Crippen LogP contribution in [0, 0.1) is 0 Å². The fourth-order valence-corrected chi connectivity index (χ4v) is 3.80. The molecule has 13 heavy (non-hydrogen) atoms. The molecule has 0 unspecified atom stereocenters. The highest BCUT2D eigenvalue weighted by Gasteiger charge is 2.28. The lowest BCUT2D eigenvalue weighted by atomic mass is 10.4. The van der Waals surface area contributed by atoms with Crippen LogP contribution in [0.15, 0.2) is 42.5 Å². The van der Waals surface area contributed by atoms with E-state index < -0.39 is 6.69 Å². The zero-order valence-corrected chi connectivity index (χ0v) is 10.0. The fourth-order valence-electron chi connectivity index (χ4n) is 1.07. The molecule has 0 aliphatic carbocycles. The second kappa shape index (κ2) is 4.84. The average molecular weight is 231 g/mol. The fraction of sp³-hybridized carbons (Fsp3) is 0.200. The van der Waals surface area contributed by atoms with Gasteiger partial charge in [-0.2, -0.15) is 0 Å². The lowest BCUT2D eigenvalue weighted by Crippen LogP contribution is -2.35. The molecular weight excluding hydrogens is 219 g/mol. The van der Waals surface area contributed by atoms with Crippen molar-refractivity contribution < 1.29 is 0 Å². The van der Waals surface area contributed by atoms with Crippen molar-refractivity contribution >= 4 is 34.0 Å². The molecular formula is C10H12Cl2Si. The first-order chi connectivity index (χ1) is 6.17. The van der Waals surface area contributed by atoms with Crippen LogP contribution < -0.4 is 5.19 Å². The Morgan fingerprint density at radius 2 is 1.85 bits per heavy atom. The van der Waals surface area contributed by atoms with Gasteiger partial charge in [0.25, 0.3) is 6.69 Å². The van der Waals surface area contributed by atoms with Crippen LogP contribution in [-0.4, -0.2) is 6.69 Å². The van der Waals surface area contributed by atoms with E-state index in [1.807, 2.05) is 49.4 Å². The first-order valence-electron chi connectivity index (χ1n) is 4.21. The quantitative estimate of drug-likeness (QED) is 0.425. The molecule has 0 nitrogen and oxygen atoms in total. The summed E-state index contributed by atoms with van der Waals surface area (Å²) >= 11 is 12.6. The van der Waals surface area contributed by atoms with Crippen molar-refractivity contribution in [1.82, 2.24) is 0 Å². The minimum Gasteiger partial charge on any atom is -0.139 e. The molecule has 1 rings (SSSR count). The number of hydrogen-bond donors (Lipinski definition) is 0. The van der Waals surface area contributed by atoms with E-state index in [1.54, 1.807) is 0 Å². The van der Waals surface area contributed by atoms with Gasteiger partial charge >= 0.3 is 0 Å². The van der Waals surface area contributed by atoms with Gasteiger partial charge in [-0.3, -0.25) is 0 Å². The molecule has 0 radical (unpaired) electrons. The van der Waals surface area contributed by atoms with Gasteiger partial charge in [0, 0.05) is 0 Å². The maximum Gasteiger partial charge on any atom is 0.284 e. The van der Waals surface area contributed by atoms with Crippen LogP contribution in [0.1, 0.15) is 6.92 Å². The van der Waals surface area contributed by atoms with Gasteiger partial charge in [-0.05, 0) is 18.2 Å². The van der Waals surface area contributed by atoms with E-state index in [1.165, 1.54) is 0 Å². The molecule has 0 bridgehead atoms. The molecule has 0 heterocycles. The Balaban J connectivity index is 2.81. The topological polar surface area (TPSA) is 0 Å². The Hall–Kier alpha value is -0.243. The standard InChI is InChI=1S/C10H12Cl2Si/c1-2-3-9-13(11,12)10-7-5-4-6-8-10/h2-8H,9H2,1H3. The van der Waals surface area contributed by atoms with Crippen LogP contribution in [-0.2, 0) is 0 Å². The van der Waals surface area contributed by atoms with E-state index in [-0.39, 0.29) is 0 Å². The summed E-state index contributed by atoms with van der Waals surface area (Å²) in [6, 6.07) is 10.7. The van der Waals surface area contributed by atoms with Gasteiger partial charge in [0.1, 0.15) is 0 Å². The third-order valence-electron chi connectivity index (χ3n) is 1.81. The van der Waals surface area contributed by atoms with Crippen LogP contribution in [0.4, 0.5) is 0 Å². The van der Waals surface area contributed by atoms with Gasteiger partial charge in [0.15, 0.2) is 0 Å². The Morgan fingerprint density at radius 3 is 2.38 bits per heavy atom. The molecule has 0 N–H and O–H groups in total. The predicted molar refractivity (Wildman–Crippen MR) is 63.2 cm³/mol. The van der Waals surface area contributed by atoms with E-state index in [9.17, 15) is 0 Å². The van der Waals surface area contributed by atoms with Crippen molar-refractivity contribution in [1.29, 1.82) is 0 Å². The summed E-state index contributed by atoms with van der Waals surface area (Å²) in [4.78, 5) is 0. The predicted octanol–water partition coefficient (Wildman–Crippen LogP) is 3.39. The van der Waals surface area contributed by atoms with Crippen molar-refractivity contribution in [3.63, 3.8) is 0 Å². The second-order valence-corrected chi connectivity index (χ2v) is 9.69. The summed E-state index contributed by atoms with van der Waals surface area (Å²) in [5.41, 5.74) is 0. The van der Waals surface area contributed by atoms with Crippen molar-refractivity contribution in [2.45, 2.75) is 13.0 Å². The van der Waals surface area contributed by atoms with Gasteiger partial charge in [0.05, 0.1) is 0 Å². The minimum absolute atomic E-state index is 0.774. The van der Waals surface area contributed by atoms with Gasteiger partial charge in [0.2, 0.25) is 0 Å². The number of halogens is 2. The van der Waals surface area contributed by atoms with Crippen molar-refractivity contribution in [2.75, 3.05) is 0 Å². The monoisotopic (exact) mass is 230 g/mol. The van der Waals surface area contributed by atoms with Gasteiger partial charge in [-0.15, -0.1) is 22.2 Å². The van der Waals surface area contributed by atoms with Crippen LogP contribution in [0.3, 0.4) is 0 Å². The highest BCUT2D eigenvalue weighted by molar-refractivity contribution is 7.51. The molecule has 0 spiro atoms. The zero-order valence-electron chi connectivity index (χ0n) is 7.50. The summed E-state index contributed by atoms with van der Waals surface area (Å²) in [7, 11) is 0. The van der Waals surface area contributed by atoms with E-state index in [4.69, 9.17) is 22.2 Å². The zero-order chi connectivity index (χ0) is 9.73. The van der Waals surface area contributed by atoms with Crippen LogP contribution in [0.25, 0.3) is 0 Å². The molecule has 0 amide bonds. The van der Waals surface area contributed by atoms with E-state index in [2.05, 4.69) is 0 Å². The highest BCUT2D eigenvalue weighted by atomic mass is 35.7. The van der Waals surface area contributed by atoms with Crippen LogP contribution in [0.2, 0.25) is 6.04 Å². The Morgan fingerprint density at radius 1 is 1.23 bits per heavy atom. The number of hydrogen-bond acceptors (Lipinski definition) is 0. The molecule has 0 fully saturated rings. The first kappa shape index (κ1) is 10.8. The van der Waals surface area contributed by atoms with Crippen molar-refractivity contribution in [3.05, 3.63) is 42.5 Å². The summed E-state index contributed by atoms with van der Waals surface area (Å²) in [5, 5.41) is 1.08. The SMILES string of the molecule is CC=CC[Si](Cl)(Cl)c1ccccc1. The normalized spacial score (nSPS) is 12.2. The molecule has 1 aromatic rings. The minimum atomic E-state index is -2.24. The van der Waals surface area contributed by atoms with Gasteiger partial charge in [-0.25, -0.2) is 0 Å². The molecule has 0 aromatic heterocycles. The Bertz CT molecular complexity index is 280. The molecule has 0 aliphatic heterocycles. The van der Waals surface area contributed by atoms with Crippen molar-refractivity contribution in [3.8, 4) is 0 Å². The lowest BCUT2D eigenvalue weighted by molar-refractivity contribution is 1.59. The first-order valence-corrected chi connectivity index (χ1v) is 8.44. The number of allylic oxidation sites excluding steroid dienone is 2.